The average Bonchev–Trinajstić information content (AvgIpc) is 3.93. The highest BCUT2D eigenvalue weighted by atomic mass is 16.6. The Morgan fingerprint density at radius 3 is 2.11 bits per heavy atom. The summed E-state index contributed by atoms with van der Waals surface area (Å²) in [7, 11) is 0. The van der Waals surface area contributed by atoms with Gasteiger partial charge in [-0.1, -0.05) is 66.7 Å². The molecule has 0 heterocycles. The van der Waals surface area contributed by atoms with Gasteiger partial charge in [0.1, 0.15) is 11.6 Å². The van der Waals surface area contributed by atoms with E-state index in [1.807, 2.05) is 69.3 Å². The molecule has 54 heavy (non-hydrogen) atoms. The lowest BCUT2D eigenvalue weighted by Crippen LogP contribution is -2.46. The number of benzene rings is 3. The van der Waals surface area contributed by atoms with Crippen LogP contribution in [0.15, 0.2) is 84.9 Å². The van der Waals surface area contributed by atoms with E-state index >= 15 is 0 Å². The van der Waals surface area contributed by atoms with E-state index in [9.17, 15) is 28.8 Å². The third-order valence-corrected chi connectivity index (χ3v) is 8.77. The molecule has 0 aliphatic heterocycles. The molecule has 0 saturated heterocycles. The molecule has 0 bridgehead atoms. The monoisotopic (exact) mass is 741 g/mol. The van der Waals surface area contributed by atoms with E-state index < -0.39 is 35.3 Å². The number of rotatable bonds is 19. The van der Waals surface area contributed by atoms with E-state index in [4.69, 9.17) is 9.84 Å². The maximum absolute atomic E-state index is 13.5. The minimum atomic E-state index is -1.03. The Balaban J connectivity index is 1.37. The Labute approximate surface area is 316 Å². The van der Waals surface area contributed by atoms with Gasteiger partial charge in [0, 0.05) is 55.7 Å². The molecule has 0 aromatic heterocycles. The van der Waals surface area contributed by atoms with Crippen molar-refractivity contribution in [2.24, 2.45) is 0 Å². The molecule has 5 N–H and O–H groups in total. The van der Waals surface area contributed by atoms with Gasteiger partial charge in [0.25, 0.3) is 11.8 Å². The largest absolute Gasteiger partial charge is 0.481 e. The number of hydrogen-bond acceptors (Lipinski definition) is 7. The van der Waals surface area contributed by atoms with Crippen molar-refractivity contribution in [3.8, 4) is 0 Å². The lowest BCUT2D eigenvalue weighted by Gasteiger charge is -2.28. The molecule has 4 rings (SSSR count). The SMILES string of the molecule is CC(C)(C)OC(=O)N(CCCC[C@H](NC(=O)c1cccc(C(=O)NCCC(=O)NCCC(=O)O)c1)C(=O)NCc1ccccc1)C1CC1c1ccccc1. The van der Waals surface area contributed by atoms with E-state index in [1.165, 1.54) is 17.7 Å². The number of nitrogens with zero attached hydrogens (tertiary/aromatic N) is 1. The van der Waals surface area contributed by atoms with Gasteiger partial charge in [0.2, 0.25) is 11.8 Å². The molecule has 2 unspecified atom stereocenters. The van der Waals surface area contributed by atoms with Crippen molar-refractivity contribution < 1.29 is 38.6 Å². The van der Waals surface area contributed by atoms with Crippen molar-refractivity contribution in [3.05, 3.63) is 107 Å². The lowest BCUT2D eigenvalue weighted by atomic mass is 10.1. The number of carboxylic acids is 1. The fourth-order valence-electron chi connectivity index (χ4n) is 5.94. The smallest absolute Gasteiger partial charge is 0.410 e. The van der Waals surface area contributed by atoms with Crippen LogP contribution in [0.3, 0.4) is 0 Å². The molecule has 0 radical (unpaired) electrons. The summed E-state index contributed by atoms with van der Waals surface area (Å²) in [6.07, 6.45) is 1.61. The average molecular weight is 742 g/mol. The summed E-state index contributed by atoms with van der Waals surface area (Å²) >= 11 is 0. The second-order valence-corrected chi connectivity index (χ2v) is 14.3. The third-order valence-electron chi connectivity index (χ3n) is 8.77. The number of carboxylic acid groups (broad SMARTS) is 1. The van der Waals surface area contributed by atoms with Crippen LogP contribution in [0.2, 0.25) is 0 Å². The molecule has 3 atom stereocenters. The molecule has 1 fully saturated rings. The molecule has 288 valence electrons. The van der Waals surface area contributed by atoms with E-state index in [2.05, 4.69) is 33.4 Å². The van der Waals surface area contributed by atoms with Crippen LogP contribution >= 0.6 is 0 Å². The normalized spacial score (nSPS) is 15.2. The van der Waals surface area contributed by atoms with Gasteiger partial charge in [0.05, 0.1) is 6.42 Å². The second-order valence-electron chi connectivity index (χ2n) is 14.3. The first-order valence-corrected chi connectivity index (χ1v) is 18.3. The zero-order chi connectivity index (χ0) is 39.1. The summed E-state index contributed by atoms with van der Waals surface area (Å²) in [5.41, 5.74) is 1.78. The Bertz CT molecular complexity index is 1740. The predicted octanol–water partition coefficient (Wildman–Crippen LogP) is 4.78. The number of carbonyl (C=O) groups excluding carboxylic acids is 5. The summed E-state index contributed by atoms with van der Waals surface area (Å²) in [6.45, 7) is 6.21. The number of ether oxygens (including phenoxy) is 1. The Morgan fingerprint density at radius 2 is 1.44 bits per heavy atom. The molecule has 1 saturated carbocycles. The van der Waals surface area contributed by atoms with E-state index in [0.29, 0.717) is 25.8 Å². The minimum Gasteiger partial charge on any atom is -0.481 e. The fraction of sp³-hybridized carbons (Fsp3) is 0.415. The van der Waals surface area contributed by atoms with Gasteiger partial charge in [0.15, 0.2) is 0 Å². The Morgan fingerprint density at radius 1 is 0.796 bits per heavy atom. The number of carbonyl (C=O) groups is 6. The molecule has 3 aromatic rings. The van der Waals surface area contributed by atoms with Gasteiger partial charge in [-0.15, -0.1) is 0 Å². The van der Waals surface area contributed by atoms with Crippen LogP contribution in [0.1, 0.15) is 97.1 Å². The first kappa shape index (κ1) is 41.0. The zero-order valence-electron chi connectivity index (χ0n) is 31.1. The zero-order valence-corrected chi connectivity index (χ0v) is 31.1. The van der Waals surface area contributed by atoms with Crippen molar-refractivity contribution in [2.75, 3.05) is 19.6 Å². The minimum absolute atomic E-state index is 0.00922. The maximum Gasteiger partial charge on any atom is 0.410 e. The molecule has 1 aliphatic carbocycles. The quantitative estimate of drug-likeness (QED) is 0.109. The van der Waals surface area contributed by atoms with E-state index in [1.54, 1.807) is 17.0 Å². The van der Waals surface area contributed by atoms with Crippen molar-refractivity contribution in [1.82, 2.24) is 26.2 Å². The topological polar surface area (TPSA) is 183 Å². The number of amides is 5. The molecular weight excluding hydrogens is 690 g/mol. The molecule has 13 nitrogen and oxygen atoms in total. The van der Waals surface area contributed by atoms with Gasteiger partial charge in [-0.2, -0.15) is 0 Å². The van der Waals surface area contributed by atoms with Crippen LogP contribution in [0.5, 0.6) is 0 Å². The fourth-order valence-corrected chi connectivity index (χ4v) is 5.94. The number of aliphatic carboxylic acids is 1. The van der Waals surface area contributed by atoms with Crippen LogP contribution in [0.4, 0.5) is 4.79 Å². The van der Waals surface area contributed by atoms with Crippen LogP contribution in [0, 0.1) is 0 Å². The van der Waals surface area contributed by atoms with Crippen LogP contribution in [-0.4, -0.2) is 83.0 Å². The van der Waals surface area contributed by atoms with E-state index in [-0.39, 0.29) is 67.6 Å². The van der Waals surface area contributed by atoms with Gasteiger partial charge in [-0.3, -0.25) is 24.0 Å². The second kappa shape index (κ2) is 19.9. The summed E-state index contributed by atoms with van der Waals surface area (Å²) < 4.78 is 5.76. The van der Waals surface area contributed by atoms with Crippen LogP contribution < -0.4 is 21.3 Å². The summed E-state index contributed by atoms with van der Waals surface area (Å²) in [4.78, 5) is 77.5. The first-order chi connectivity index (χ1) is 25.8. The maximum atomic E-state index is 13.5. The highest BCUT2D eigenvalue weighted by Crippen LogP contribution is 2.45. The molecule has 5 amide bonds. The summed E-state index contributed by atoms with van der Waals surface area (Å²) in [5.74, 6) is -2.61. The molecule has 13 heteroatoms. The molecule has 0 spiro atoms. The van der Waals surface area contributed by atoms with Crippen molar-refractivity contribution in [2.45, 2.75) is 89.4 Å². The van der Waals surface area contributed by atoms with Gasteiger partial charge in [-0.25, -0.2) is 4.79 Å². The molecular formula is C41H51N5O8. The number of unbranched alkanes of at least 4 members (excludes halogenated alkanes) is 1. The summed E-state index contributed by atoms with van der Waals surface area (Å²) in [5, 5.41) is 19.6. The van der Waals surface area contributed by atoms with Crippen LogP contribution in [-0.2, 0) is 25.7 Å². The molecule has 3 aromatic carbocycles. The number of hydrogen-bond donors (Lipinski definition) is 5. The van der Waals surface area contributed by atoms with E-state index in [0.717, 1.165) is 12.0 Å². The predicted molar refractivity (Wildman–Crippen MR) is 203 cm³/mol. The lowest BCUT2D eigenvalue weighted by molar-refractivity contribution is -0.137. The summed E-state index contributed by atoms with van der Waals surface area (Å²) in [6, 6.07) is 24.6. The molecule has 1 aliphatic rings. The van der Waals surface area contributed by atoms with Crippen molar-refractivity contribution >= 4 is 35.7 Å². The number of nitrogens with one attached hydrogen (secondary N) is 4. The van der Waals surface area contributed by atoms with Gasteiger partial charge in [-0.05, 0) is 75.8 Å². The Hall–Kier alpha value is -5.72. The van der Waals surface area contributed by atoms with Crippen LogP contribution in [0.25, 0.3) is 0 Å². The Kier molecular flexibility index (Phi) is 15.1. The highest BCUT2D eigenvalue weighted by molar-refractivity contribution is 6.01. The first-order valence-electron chi connectivity index (χ1n) is 18.3. The highest BCUT2D eigenvalue weighted by Gasteiger charge is 2.45. The van der Waals surface area contributed by atoms with Crippen molar-refractivity contribution in [1.29, 1.82) is 0 Å². The third kappa shape index (κ3) is 13.7. The van der Waals surface area contributed by atoms with Gasteiger partial charge >= 0.3 is 12.1 Å². The van der Waals surface area contributed by atoms with Gasteiger partial charge < -0.3 is 36.0 Å². The van der Waals surface area contributed by atoms with Crippen molar-refractivity contribution in [3.63, 3.8) is 0 Å². The standard InChI is InChI=1S/C41H51N5O8/c1-41(2,3)54-40(53)46(34-26-32(34)29-15-8-5-9-16-29)24-11-10-19-33(39(52)44-27-28-13-6-4-7-14-28)45-38(51)31-18-12-17-30(25-31)37(50)43-22-20-35(47)42-23-21-36(48)49/h4-9,12-18,25,32-34H,10-11,19-24,26-27H2,1-3H3,(H,42,47)(H,43,50)(H,44,52)(H,45,51)(H,48,49)/t32?,33-,34?/m0/s1.